The van der Waals surface area contributed by atoms with Crippen LogP contribution in [0.4, 0.5) is 4.39 Å². The quantitative estimate of drug-likeness (QED) is 0.773. The highest BCUT2D eigenvalue weighted by atomic mass is 19.1. The third-order valence-electron chi connectivity index (χ3n) is 5.94. The molecule has 4 rings (SSSR count). The minimum Gasteiger partial charge on any atom is -0.370 e. The van der Waals surface area contributed by atoms with Gasteiger partial charge in [-0.2, -0.15) is 0 Å². The Morgan fingerprint density at radius 1 is 1.27 bits per heavy atom. The van der Waals surface area contributed by atoms with E-state index in [0.29, 0.717) is 18.1 Å². The van der Waals surface area contributed by atoms with Gasteiger partial charge in [0.15, 0.2) is 0 Å². The van der Waals surface area contributed by atoms with Crippen molar-refractivity contribution in [2.45, 2.75) is 76.8 Å². The molecular weight excluding hydrogens is 279 g/mol. The molecule has 3 atom stereocenters. The summed E-state index contributed by atoms with van der Waals surface area (Å²) in [5.41, 5.74) is 0.418. The number of halogens is 1. The second-order valence-electron chi connectivity index (χ2n) is 7.05. The lowest BCUT2D eigenvalue weighted by molar-refractivity contribution is -0.298. The average Bonchev–Trinajstić information content (AvgIpc) is 2.54. The molecule has 2 nitrogen and oxygen atoms in total. The molecule has 22 heavy (non-hydrogen) atoms. The molecule has 3 aliphatic rings. The van der Waals surface area contributed by atoms with E-state index >= 15 is 0 Å². The smallest absolute Gasteiger partial charge is 0.128 e. The molecule has 3 fully saturated rings. The molecule has 1 aliphatic carbocycles. The van der Waals surface area contributed by atoms with E-state index in [4.69, 9.17) is 9.47 Å². The Morgan fingerprint density at radius 2 is 2.00 bits per heavy atom. The summed E-state index contributed by atoms with van der Waals surface area (Å²) in [6.07, 6.45) is 5.48. The Kier molecular flexibility index (Phi) is 4.30. The minimum absolute atomic E-state index is 0.0187. The van der Waals surface area contributed by atoms with Crippen molar-refractivity contribution in [3.8, 4) is 0 Å². The number of hydrogen-bond donors (Lipinski definition) is 0. The lowest BCUT2D eigenvalue weighted by Gasteiger charge is -2.59. The van der Waals surface area contributed by atoms with E-state index in [1.165, 1.54) is 12.5 Å². The first-order valence-corrected chi connectivity index (χ1v) is 8.58. The maximum absolute atomic E-state index is 13.7. The van der Waals surface area contributed by atoms with Gasteiger partial charge in [0.25, 0.3) is 0 Å². The van der Waals surface area contributed by atoms with E-state index in [1.807, 2.05) is 6.07 Å². The van der Waals surface area contributed by atoms with Crippen molar-refractivity contribution in [2.24, 2.45) is 5.92 Å². The Balaban J connectivity index is 1.71. The number of fused-ring (bicyclic) bond motifs is 3. The molecule has 0 spiro atoms. The third-order valence-corrected chi connectivity index (χ3v) is 5.94. The third kappa shape index (κ3) is 2.59. The maximum Gasteiger partial charge on any atom is 0.128 e. The van der Waals surface area contributed by atoms with Crippen LogP contribution in [-0.4, -0.2) is 17.3 Å². The molecule has 2 bridgehead atoms. The Labute approximate surface area is 133 Å². The summed E-state index contributed by atoms with van der Waals surface area (Å²) < 4.78 is 26.4. The maximum atomic E-state index is 13.7. The first kappa shape index (κ1) is 15.9. The Morgan fingerprint density at radius 3 is 2.64 bits per heavy atom. The van der Waals surface area contributed by atoms with Gasteiger partial charge in [-0.25, -0.2) is 4.39 Å². The monoisotopic (exact) mass is 306 g/mol. The number of hydrogen-bond acceptors (Lipinski definition) is 2. The van der Waals surface area contributed by atoms with Gasteiger partial charge in [0, 0.05) is 5.56 Å². The van der Waals surface area contributed by atoms with Crippen LogP contribution in [0.25, 0.3) is 0 Å². The zero-order chi connectivity index (χ0) is 15.8. The lowest BCUT2D eigenvalue weighted by atomic mass is 9.64. The van der Waals surface area contributed by atoms with E-state index in [0.717, 1.165) is 25.7 Å². The average molecular weight is 306 g/mol. The summed E-state index contributed by atoms with van der Waals surface area (Å²) in [6, 6.07) is 6.85. The highest BCUT2D eigenvalue weighted by molar-refractivity contribution is 5.16. The fraction of sp³-hybridized carbons (Fsp3) is 0.684. The molecule has 0 amide bonds. The molecule has 122 valence electrons. The Hall–Kier alpha value is -0.930. The van der Waals surface area contributed by atoms with E-state index in [2.05, 4.69) is 20.8 Å². The van der Waals surface area contributed by atoms with Gasteiger partial charge in [0.1, 0.15) is 5.82 Å². The highest BCUT2D eigenvalue weighted by Gasteiger charge is 2.56. The molecule has 1 aromatic carbocycles. The molecule has 2 saturated heterocycles. The molecule has 3 unspecified atom stereocenters. The summed E-state index contributed by atoms with van der Waals surface area (Å²) in [4.78, 5) is 0. The lowest BCUT2D eigenvalue weighted by Crippen LogP contribution is -2.63. The van der Waals surface area contributed by atoms with Crippen LogP contribution >= 0.6 is 0 Å². The zero-order valence-electron chi connectivity index (χ0n) is 13.9. The van der Waals surface area contributed by atoms with Gasteiger partial charge < -0.3 is 9.47 Å². The van der Waals surface area contributed by atoms with Gasteiger partial charge in [-0.05, 0) is 51.0 Å². The molecule has 1 aromatic rings. The zero-order valence-corrected chi connectivity index (χ0v) is 13.9. The van der Waals surface area contributed by atoms with Gasteiger partial charge in [0.05, 0.1) is 23.9 Å². The highest BCUT2D eigenvalue weighted by Crippen LogP contribution is 2.53. The van der Waals surface area contributed by atoms with Gasteiger partial charge in [-0.15, -0.1) is 0 Å². The molecular formula is C19H27FO2. The SMILES string of the molecule is CCC1(CC)OC2(C)CCC1CC2OCc1ccccc1F. The fourth-order valence-corrected chi connectivity index (χ4v) is 4.41. The summed E-state index contributed by atoms with van der Waals surface area (Å²) >= 11 is 0. The van der Waals surface area contributed by atoms with E-state index in [1.54, 1.807) is 12.1 Å². The molecule has 2 aliphatic heterocycles. The second-order valence-corrected chi connectivity index (χ2v) is 7.05. The normalized spacial score (nSPS) is 33.1. The summed E-state index contributed by atoms with van der Waals surface area (Å²) in [5.74, 6) is 0.376. The van der Waals surface area contributed by atoms with Crippen molar-refractivity contribution < 1.29 is 13.9 Å². The standard InChI is InChI=1S/C19H27FO2/c1-4-19(5-2)15-10-11-18(3,22-19)17(12-15)21-13-14-8-6-7-9-16(14)20/h6-9,15,17H,4-5,10-13H2,1-3H3. The summed E-state index contributed by atoms with van der Waals surface area (Å²) in [6.45, 7) is 6.95. The number of rotatable bonds is 5. The van der Waals surface area contributed by atoms with Crippen molar-refractivity contribution in [3.63, 3.8) is 0 Å². The van der Waals surface area contributed by atoms with Gasteiger partial charge in [0.2, 0.25) is 0 Å². The molecule has 2 heterocycles. The van der Waals surface area contributed by atoms with Crippen molar-refractivity contribution in [1.29, 1.82) is 0 Å². The van der Waals surface area contributed by atoms with Crippen molar-refractivity contribution in [3.05, 3.63) is 35.6 Å². The topological polar surface area (TPSA) is 18.5 Å². The minimum atomic E-state index is -0.230. The van der Waals surface area contributed by atoms with Crippen LogP contribution in [0.2, 0.25) is 0 Å². The molecule has 1 saturated carbocycles. The van der Waals surface area contributed by atoms with Crippen LogP contribution in [0.3, 0.4) is 0 Å². The molecule has 0 aromatic heterocycles. The first-order valence-electron chi connectivity index (χ1n) is 8.58. The van der Waals surface area contributed by atoms with E-state index in [-0.39, 0.29) is 23.1 Å². The fourth-order valence-electron chi connectivity index (χ4n) is 4.41. The predicted octanol–water partition coefficient (Wildman–Crippen LogP) is 4.86. The first-order chi connectivity index (χ1) is 10.5. The Bertz CT molecular complexity index is 526. The van der Waals surface area contributed by atoms with Crippen molar-refractivity contribution in [1.82, 2.24) is 0 Å². The van der Waals surface area contributed by atoms with Gasteiger partial charge >= 0.3 is 0 Å². The molecule has 0 N–H and O–H groups in total. The van der Waals surface area contributed by atoms with Crippen LogP contribution in [0.15, 0.2) is 24.3 Å². The molecule has 0 radical (unpaired) electrons. The number of ether oxygens (including phenoxy) is 2. The van der Waals surface area contributed by atoms with Gasteiger partial charge in [-0.1, -0.05) is 32.0 Å². The number of benzene rings is 1. The van der Waals surface area contributed by atoms with Gasteiger partial charge in [-0.3, -0.25) is 0 Å². The van der Waals surface area contributed by atoms with E-state index in [9.17, 15) is 4.39 Å². The summed E-state index contributed by atoms with van der Waals surface area (Å²) in [5, 5.41) is 0. The van der Waals surface area contributed by atoms with Crippen LogP contribution < -0.4 is 0 Å². The van der Waals surface area contributed by atoms with Crippen LogP contribution in [0.5, 0.6) is 0 Å². The van der Waals surface area contributed by atoms with Crippen molar-refractivity contribution in [2.75, 3.05) is 0 Å². The predicted molar refractivity (Wildman–Crippen MR) is 85.1 cm³/mol. The van der Waals surface area contributed by atoms with Crippen LogP contribution in [-0.2, 0) is 16.1 Å². The second kappa shape index (κ2) is 5.93. The summed E-state index contributed by atoms with van der Waals surface area (Å²) in [7, 11) is 0. The van der Waals surface area contributed by atoms with Crippen LogP contribution in [0.1, 0.15) is 58.4 Å². The van der Waals surface area contributed by atoms with E-state index < -0.39 is 0 Å². The molecule has 3 heteroatoms. The van der Waals surface area contributed by atoms with Crippen LogP contribution in [0, 0.1) is 11.7 Å². The van der Waals surface area contributed by atoms with Crippen molar-refractivity contribution >= 4 is 0 Å². The largest absolute Gasteiger partial charge is 0.370 e.